The molecule has 2 rings (SSSR count). The number of aliphatic hydroxyl groups excluding tert-OH is 1. The van der Waals surface area contributed by atoms with Crippen molar-refractivity contribution < 1.29 is 14.6 Å². The van der Waals surface area contributed by atoms with Crippen LogP contribution in [0.3, 0.4) is 0 Å². The predicted octanol–water partition coefficient (Wildman–Crippen LogP) is 3.81. The number of aryl methyl sites for hydroxylation is 1. The summed E-state index contributed by atoms with van der Waals surface area (Å²) in [6.07, 6.45) is -0.799. The Morgan fingerprint density at radius 2 is 2.00 bits per heavy atom. The van der Waals surface area contributed by atoms with Crippen molar-refractivity contribution in [1.29, 1.82) is 0 Å². The lowest BCUT2D eigenvalue weighted by atomic mass is 10.1. The lowest BCUT2D eigenvalue weighted by Crippen LogP contribution is -2.01. The fraction of sp³-hybridized carbons (Fsp3) is 0.286. The van der Waals surface area contributed by atoms with E-state index in [-0.39, 0.29) is 0 Å². The Kier molecular flexibility index (Phi) is 4.34. The first kappa shape index (κ1) is 14.2. The SMILES string of the molecule is COc1ccc(C(O)c2scc(C)c2Cl)c(OC)c1. The Balaban J connectivity index is 2.43. The van der Waals surface area contributed by atoms with Gasteiger partial charge in [0.15, 0.2) is 0 Å². The second-order valence-corrected chi connectivity index (χ2v) is 5.40. The Hall–Kier alpha value is -1.23. The Bertz CT molecular complexity index is 580. The fourth-order valence-electron chi connectivity index (χ4n) is 1.82. The summed E-state index contributed by atoms with van der Waals surface area (Å²) in [6, 6.07) is 5.32. The molecule has 0 spiro atoms. The summed E-state index contributed by atoms with van der Waals surface area (Å²) in [4.78, 5) is 0.725. The third-order valence-corrected chi connectivity index (χ3v) is 4.68. The smallest absolute Gasteiger partial charge is 0.128 e. The van der Waals surface area contributed by atoms with Crippen LogP contribution >= 0.6 is 22.9 Å². The summed E-state index contributed by atoms with van der Waals surface area (Å²) < 4.78 is 10.4. The van der Waals surface area contributed by atoms with Crippen molar-refractivity contribution in [1.82, 2.24) is 0 Å². The summed E-state index contributed by atoms with van der Waals surface area (Å²) in [6.45, 7) is 1.92. The number of aliphatic hydroxyl groups is 1. The average molecular weight is 299 g/mol. The summed E-state index contributed by atoms with van der Waals surface area (Å²) in [5, 5.41) is 13.0. The van der Waals surface area contributed by atoms with E-state index in [0.717, 1.165) is 10.4 Å². The van der Waals surface area contributed by atoms with E-state index < -0.39 is 6.10 Å². The quantitative estimate of drug-likeness (QED) is 0.933. The zero-order valence-corrected chi connectivity index (χ0v) is 12.5. The van der Waals surface area contributed by atoms with Gasteiger partial charge in [-0.05, 0) is 30.0 Å². The van der Waals surface area contributed by atoms with Crippen molar-refractivity contribution in [3.63, 3.8) is 0 Å². The van der Waals surface area contributed by atoms with Gasteiger partial charge in [0.1, 0.15) is 17.6 Å². The van der Waals surface area contributed by atoms with Gasteiger partial charge in [-0.2, -0.15) is 0 Å². The summed E-state index contributed by atoms with van der Waals surface area (Å²) in [7, 11) is 3.15. The fourth-order valence-corrected chi connectivity index (χ4v) is 3.12. The molecule has 5 heteroatoms. The highest BCUT2D eigenvalue weighted by Gasteiger charge is 2.21. The molecule has 0 aliphatic carbocycles. The van der Waals surface area contributed by atoms with Gasteiger partial charge in [0.05, 0.1) is 24.1 Å². The van der Waals surface area contributed by atoms with Gasteiger partial charge in [-0.3, -0.25) is 0 Å². The number of rotatable bonds is 4. The molecule has 3 nitrogen and oxygen atoms in total. The highest BCUT2D eigenvalue weighted by molar-refractivity contribution is 7.10. The highest BCUT2D eigenvalue weighted by atomic mass is 35.5. The molecule has 102 valence electrons. The molecule has 0 radical (unpaired) electrons. The number of hydrogen-bond acceptors (Lipinski definition) is 4. The van der Waals surface area contributed by atoms with Gasteiger partial charge in [-0.15, -0.1) is 11.3 Å². The van der Waals surface area contributed by atoms with Gasteiger partial charge in [0.25, 0.3) is 0 Å². The van der Waals surface area contributed by atoms with Crippen LogP contribution in [0.25, 0.3) is 0 Å². The molecule has 1 aromatic heterocycles. The van der Waals surface area contributed by atoms with Gasteiger partial charge in [0.2, 0.25) is 0 Å². The van der Waals surface area contributed by atoms with Crippen molar-refractivity contribution in [2.75, 3.05) is 14.2 Å². The summed E-state index contributed by atoms with van der Waals surface area (Å²) >= 11 is 7.63. The minimum absolute atomic E-state index is 0.578. The van der Waals surface area contributed by atoms with Crippen LogP contribution in [0.15, 0.2) is 23.6 Å². The van der Waals surface area contributed by atoms with E-state index in [1.807, 2.05) is 12.3 Å². The molecule has 0 aliphatic rings. The molecule has 0 saturated heterocycles. The largest absolute Gasteiger partial charge is 0.497 e. The van der Waals surface area contributed by atoms with Gasteiger partial charge in [-0.1, -0.05) is 11.6 Å². The summed E-state index contributed by atoms with van der Waals surface area (Å²) in [5.74, 6) is 1.26. The molecular formula is C14H15ClO3S. The maximum atomic E-state index is 10.5. The van der Waals surface area contributed by atoms with Crippen LogP contribution in [0.4, 0.5) is 0 Å². The molecule has 0 amide bonds. The number of methoxy groups -OCH3 is 2. The van der Waals surface area contributed by atoms with Crippen LogP contribution in [0.5, 0.6) is 11.5 Å². The van der Waals surface area contributed by atoms with Gasteiger partial charge < -0.3 is 14.6 Å². The van der Waals surface area contributed by atoms with Crippen LogP contribution < -0.4 is 9.47 Å². The topological polar surface area (TPSA) is 38.7 Å². The molecule has 0 saturated carbocycles. The van der Waals surface area contributed by atoms with E-state index in [4.69, 9.17) is 21.1 Å². The normalized spacial score (nSPS) is 12.3. The average Bonchev–Trinajstić information content (AvgIpc) is 2.77. The van der Waals surface area contributed by atoms with E-state index in [0.29, 0.717) is 22.1 Å². The Labute approximate surface area is 121 Å². The minimum Gasteiger partial charge on any atom is -0.497 e. The standard InChI is InChI=1S/C14H15ClO3S/c1-8-7-19-14(12(8)15)13(16)10-5-4-9(17-2)6-11(10)18-3/h4-7,13,16H,1-3H3. The molecular weight excluding hydrogens is 284 g/mol. The maximum absolute atomic E-state index is 10.5. The molecule has 1 unspecified atom stereocenters. The first-order valence-electron chi connectivity index (χ1n) is 5.72. The van der Waals surface area contributed by atoms with E-state index in [1.54, 1.807) is 32.4 Å². The minimum atomic E-state index is -0.799. The van der Waals surface area contributed by atoms with Gasteiger partial charge >= 0.3 is 0 Å². The van der Waals surface area contributed by atoms with Crippen molar-refractivity contribution in [2.24, 2.45) is 0 Å². The number of benzene rings is 1. The first-order valence-corrected chi connectivity index (χ1v) is 6.97. The summed E-state index contributed by atoms with van der Waals surface area (Å²) in [5.41, 5.74) is 1.64. The molecule has 19 heavy (non-hydrogen) atoms. The number of ether oxygens (including phenoxy) is 2. The number of hydrogen-bond donors (Lipinski definition) is 1. The van der Waals surface area contributed by atoms with E-state index in [9.17, 15) is 5.11 Å². The van der Waals surface area contributed by atoms with Crippen LogP contribution in [0, 0.1) is 6.92 Å². The van der Waals surface area contributed by atoms with Crippen LogP contribution in [-0.4, -0.2) is 19.3 Å². The van der Waals surface area contributed by atoms with Crippen molar-refractivity contribution in [3.8, 4) is 11.5 Å². The number of thiophene rings is 1. The second-order valence-electron chi connectivity index (χ2n) is 4.11. The first-order chi connectivity index (χ1) is 9.08. The third-order valence-electron chi connectivity index (χ3n) is 2.91. The molecule has 0 bridgehead atoms. The Morgan fingerprint density at radius 3 is 2.53 bits per heavy atom. The molecule has 1 atom stereocenters. The second kappa shape index (κ2) is 5.82. The van der Waals surface area contributed by atoms with Crippen molar-refractivity contribution >= 4 is 22.9 Å². The third kappa shape index (κ3) is 2.71. The zero-order chi connectivity index (χ0) is 14.0. The van der Waals surface area contributed by atoms with Gasteiger partial charge in [0, 0.05) is 11.6 Å². The lowest BCUT2D eigenvalue weighted by Gasteiger charge is -2.15. The Morgan fingerprint density at radius 1 is 1.26 bits per heavy atom. The van der Waals surface area contributed by atoms with E-state index in [1.165, 1.54) is 11.3 Å². The van der Waals surface area contributed by atoms with E-state index >= 15 is 0 Å². The van der Waals surface area contributed by atoms with Crippen molar-refractivity contribution in [2.45, 2.75) is 13.0 Å². The maximum Gasteiger partial charge on any atom is 0.128 e. The van der Waals surface area contributed by atoms with Gasteiger partial charge in [-0.25, -0.2) is 0 Å². The van der Waals surface area contributed by atoms with Crippen LogP contribution in [0.2, 0.25) is 5.02 Å². The molecule has 1 heterocycles. The molecule has 0 fully saturated rings. The van der Waals surface area contributed by atoms with Crippen LogP contribution in [-0.2, 0) is 0 Å². The monoisotopic (exact) mass is 298 g/mol. The number of halogens is 1. The van der Waals surface area contributed by atoms with E-state index in [2.05, 4.69) is 0 Å². The molecule has 2 aromatic rings. The van der Waals surface area contributed by atoms with Crippen LogP contribution in [0.1, 0.15) is 22.1 Å². The zero-order valence-electron chi connectivity index (χ0n) is 10.9. The molecule has 0 aliphatic heterocycles. The molecule has 1 N–H and O–H groups in total. The highest BCUT2D eigenvalue weighted by Crippen LogP contribution is 2.39. The van der Waals surface area contributed by atoms with Crippen molar-refractivity contribution in [3.05, 3.63) is 44.6 Å². The predicted molar refractivity (Wildman–Crippen MR) is 77.7 cm³/mol. The molecule has 1 aromatic carbocycles. The lowest BCUT2D eigenvalue weighted by molar-refractivity contribution is 0.218.